The first-order valence-electron chi connectivity index (χ1n) is 7.95. The quantitative estimate of drug-likeness (QED) is 0.595. The number of hydrogen-bond acceptors (Lipinski definition) is 1. The SMILES string of the molecule is CC(C)(C)C1=CC(=Cc2cccc(Cl)c2)C=C(C(C)(C)C)C1=O. The first-order valence-corrected chi connectivity index (χ1v) is 8.32. The van der Waals surface area contributed by atoms with Crippen molar-refractivity contribution >= 4 is 23.5 Å². The lowest BCUT2D eigenvalue weighted by molar-refractivity contribution is -0.114. The minimum absolute atomic E-state index is 0.160. The number of rotatable bonds is 1. The predicted octanol–water partition coefficient (Wildman–Crippen LogP) is 6.25. The van der Waals surface area contributed by atoms with Crippen LogP contribution in [0.2, 0.25) is 5.02 Å². The number of halogens is 1. The van der Waals surface area contributed by atoms with Gasteiger partial charge in [-0.05, 0) is 52.3 Å². The average Bonchev–Trinajstić information content (AvgIpc) is 2.38. The van der Waals surface area contributed by atoms with E-state index >= 15 is 0 Å². The maximum atomic E-state index is 12.9. The van der Waals surface area contributed by atoms with Crippen molar-refractivity contribution in [3.8, 4) is 0 Å². The Morgan fingerprint density at radius 2 is 1.43 bits per heavy atom. The van der Waals surface area contributed by atoms with E-state index in [-0.39, 0.29) is 16.6 Å². The molecule has 0 heterocycles. The highest BCUT2D eigenvalue weighted by molar-refractivity contribution is 6.30. The molecule has 0 saturated carbocycles. The lowest BCUT2D eigenvalue weighted by Gasteiger charge is -2.31. The summed E-state index contributed by atoms with van der Waals surface area (Å²) in [6, 6.07) is 7.75. The van der Waals surface area contributed by atoms with Gasteiger partial charge in [-0.1, -0.05) is 65.3 Å². The van der Waals surface area contributed by atoms with Gasteiger partial charge >= 0.3 is 0 Å². The standard InChI is InChI=1S/C21H25ClO/c1-20(2,3)17-12-15(10-14-8-7-9-16(22)11-14)13-18(19(17)23)21(4,5)6/h7-13H,1-6H3. The molecule has 2 heteroatoms. The molecule has 0 radical (unpaired) electrons. The van der Waals surface area contributed by atoms with E-state index in [0.29, 0.717) is 5.02 Å². The number of allylic oxidation sites excluding steroid dienone is 5. The molecule has 0 fully saturated rings. The van der Waals surface area contributed by atoms with Gasteiger partial charge in [-0.2, -0.15) is 0 Å². The summed E-state index contributed by atoms with van der Waals surface area (Å²) >= 11 is 6.07. The van der Waals surface area contributed by atoms with E-state index in [1.54, 1.807) is 0 Å². The summed E-state index contributed by atoms with van der Waals surface area (Å²) in [5, 5.41) is 0.714. The highest BCUT2D eigenvalue weighted by atomic mass is 35.5. The fourth-order valence-electron chi connectivity index (χ4n) is 2.64. The molecule has 0 unspecified atom stereocenters. The van der Waals surface area contributed by atoms with E-state index in [1.807, 2.05) is 36.4 Å². The summed E-state index contributed by atoms with van der Waals surface area (Å²) in [7, 11) is 0. The van der Waals surface area contributed by atoms with Gasteiger partial charge in [0, 0.05) is 16.2 Å². The second kappa shape index (κ2) is 6.13. The molecule has 1 aliphatic rings. The van der Waals surface area contributed by atoms with E-state index in [1.165, 1.54) is 0 Å². The van der Waals surface area contributed by atoms with E-state index in [9.17, 15) is 4.79 Å². The molecular formula is C21H25ClO. The van der Waals surface area contributed by atoms with Crippen LogP contribution >= 0.6 is 11.6 Å². The van der Waals surface area contributed by atoms with E-state index in [0.717, 1.165) is 22.3 Å². The number of benzene rings is 1. The molecule has 0 saturated heterocycles. The summed E-state index contributed by atoms with van der Waals surface area (Å²) in [6.45, 7) is 12.5. The molecular weight excluding hydrogens is 304 g/mol. The number of carbonyl (C=O) groups excluding carboxylic acids is 1. The van der Waals surface area contributed by atoms with Gasteiger partial charge in [0.05, 0.1) is 0 Å². The highest BCUT2D eigenvalue weighted by Crippen LogP contribution is 2.39. The molecule has 0 aliphatic heterocycles. The zero-order valence-corrected chi connectivity index (χ0v) is 15.6. The van der Waals surface area contributed by atoms with Crippen LogP contribution in [0, 0.1) is 10.8 Å². The molecule has 23 heavy (non-hydrogen) atoms. The van der Waals surface area contributed by atoms with Gasteiger partial charge < -0.3 is 0 Å². The predicted molar refractivity (Wildman–Crippen MR) is 99.5 cm³/mol. The molecule has 0 spiro atoms. The highest BCUT2D eigenvalue weighted by Gasteiger charge is 2.33. The molecule has 0 atom stereocenters. The van der Waals surface area contributed by atoms with Crippen LogP contribution < -0.4 is 0 Å². The monoisotopic (exact) mass is 328 g/mol. The minimum atomic E-state index is -0.185. The maximum absolute atomic E-state index is 12.9. The van der Waals surface area contributed by atoms with Gasteiger partial charge in [0.15, 0.2) is 5.78 Å². The lowest BCUT2D eigenvalue weighted by atomic mass is 9.72. The van der Waals surface area contributed by atoms with Crippen molar-refractivity contribution in [2.45, 2.75) is 41.5 Å². The van der Waals surface area contributed by atoms with Crippen LogP contribution in [0.4, 0.5) is 0 Å². The Kier molecular flexibility index (Phi) is 4.73. The summed E-state index contributed by atoms with van der Waals surface area (Å²) in [5.74, 6) is 0.160. The van der Waals surface area contributed by atoms with Crippen molar-refractivity contribution in [1.29, 1.82) is 0 Å². The van der Waals surface area contributed by atoms with Crippen LogP contribution in [0.3, 0.4) is 0 Å². The molecule has 0 amide bonds. The van der Waals surface area contributed by atoms with E-state index in [4.69, 9.17) is 11.6 Å². The Morgan fingerprint density at radius 1 is 0.913 bits per heavy atom. The Labute approximate surface area is 144 Å². The van der Waals surface area contributed by atoms with Crippen LogP contribution in [0.5, 0.6) is 0 Å². The van der Waals surface area contributed by atoms with Crippen LogP contribution in [0.1, 0.15) is 47.1 Å². The molecule has 1 aromatic rings. The summed E-state index contributed by atoms with van der Waals surface area (Å²) in [6.07, 6.45) is 6.10. The number of ketones is 1. The number of carbonyl (C=O) groups is 1. The number of Topliss-reactive ketones (excluding diaryl/α,β-unsaturated/α-hetero) is 1. The fraction of sp³-hybridized carbons (Fsp3) is 0.381. The molecule has 122 valence electrons. The van der Waals surface area contributed by atoms with Gasteiger partial charge in [0.25, 0.3) is 0 Å². The molecule has 1 aliphatic carbocycles. The third-order valence-corrected chi connectivity index (χ3v) is 4.14. The van der Waals surface area contributed by atoms with Crippen LogP contribution in [-0.4, -0.2) is 5.78 Å². The largest absolute Gasteiger partial charge is 0.289 e. The number of hydrogen-bond donors (Lipinski definition) is 0. The molecule has 0 aromatic heterocycles. The molecule has 0 N–H and O–H groups in total. The van der Waals surface area contributed by atoms with Crippen LogP contribution in [-0.2, 0) is 4.79 Å². The third-order valence-electron chi connectivity index (χ3n) is 3.91. The smallest absolute Gasteiger partial charge is 0.186 e. The van der Waals surface area contributed by atoms with Crippen molar-refractivity contribution in [1.82, 2.24) is 0 Å². The third kappa shape index (κ3) is 4.23. The van der Waals surface area contributed by atoms with E-state index in [2.05, 4.69) is 47.6 Å². The van der Waals surface area contributed by atoms with Crippen molar-refractivity contribution in [3.05, 3.63) is 63.7 Å². The topological polar surface area (TPSA) is 17.1 Å². The van der Waals surface area contributed by atoms with Gasteiger partial charge in [0.2, 0.25) is 0 Å². The zero-order chi connectivity index (χ0) is 17.4. The van der Waals surface area contributed by atoms with Crippen molar-refractivity contribution in [3.63, 3.8) is 0 Å². The Balaban J connectivity index is 2.58. The van der Waals surface area contributed by atoms with Crippen LogP contribution in [0.15, 0.2) is 53.1 Å². The fourth-order valence-corrected chi connectivity index (χ4v) is 2.84. The minimum Gasteiger partial charge on any atom is -0.289 e. The van der Waals surface area contributed by atoms with Crippen LogP contribution in [0.25, 0.3) is 6.08 Å². The summed E-state index contributed by atoms with van der Waals surface area (Å²) < 4.78 is 0. The Morgan fingerprint density at radius 3 is 1.87 bits per heavy atom. The molecule has 0 bridgehead atoms. The Hall–Kier alpha value is -1.60. The first-order chi connectivity index (χ1) is 10.5. The summed E-state index contributed by atoms with van der Waals surface area (Å²) in [5.41, 5.74) is 3.43. The maximum Gasteiger partial charge on any atom is 0.186 e. The van der Waals surface area contributed by atoms with Crippen molar-refractivity contribution < 1.29 is 4.79 Å². The lowest BCUT2D eigenvalue weighted by Crippen LogP contribution is -2.27. The zero-order valence-electron chi connectivity index (χ0n) is 14.8. The van der Waals surface area contributed by atoms with Gasteiger partial charge in [-0.3, -0.25) is 4.79 Å². The average molecular weight is 329 g/mol. The van der Waals surface area contributed by atoms with Gasteiger partial charge in [0.1, 0.15) is 0 Å². The normalized spacial score (nSPS) is 16.1. The van der Waals surface area contributed by atoms with Crippen molar-refractivity contribution in [2.24, 2.45) is 10.8 Å². The second-order valence-electron chi connectivity index (χ2n) is 8.14. The van der Waals surface area contributed by atoms with E-state index < -0.39 is 0 Å². The molecule has 1 nitrogen and oxygen atoms in total. The van der Waals surface area contributed by atoms with Crippen molar-refractivity contribution in [2.75, 3.05) is 0 Å². The molecule has 2 rings (SSSR count). The molecule has 1 aromatic carbocycles. The first kappa shape index (κ1) is 17.7. The van der Waals surface area contributed by atoms with Gasteiger partial charge in [-0.25, -0.2) is 0 Å². The summed E-state index contributed by atoms with van der Waals surface area (Å²) in [4.78, 5) is 12.9. The Bertz CT molecular complexity index is 683. The second-order valence-corrected chi connectivity index (χ2v) is 8.58. The van der Waals surface area contributed by atoms with Gasteiger partial charge in [-0.15, -0.1) is 0 Å².